The van der Waals surface area contributed by atoms with Gasteiger partial charge in [0.25, 0.3) is 0 Å². The molecule has 1 N–H and O–H groups in total. The van der Waals surface area contributed by atoms with Gasteiger partial charge in [-0.15, -0.1) is 0 Å². The number of hydrogen-bond acceptors (Lipinski definition) is 5. The van der Waals surface area contributed by atoms with Gasteiger partial charge in [-0.25, -0.2) is 4.98 Å². The van der Waals surface area contributed by atoms with Crippen LogP contribution in [0.3, 0.4) is 0 Å². The quantitative estimate of drug-likeness (QED) is 0.789. The molecule has 0 radical (unpaired) electrons. The second-order valence-electron chi connectivity index (χ2n) is 4.71. The Kier molecular flexibility index (Phi) is 6.60. The Morgan fingerprint density at radius 3 is 2.61 bits per heavy atom. The number of hydrogen-bond donors (Lipinski definition) is 1. The van der Waals surface area contributed by atoms with Crippen LogP contribution >= 0.6 is 11.3 Å². The molecular formula is C13H24N2O2S. The van der Waals surface area contributed by atoms with Gasteiger partial charge in [0.1, 0.15) is 0 Å². The van der Waals surface area contributed by atoms with Gasteiger partial charge in [-0.05, 0) is 12.3 Å². The zero-order chi connectivity index (χ0) is 13.5. The zero-order valence-electron chi connectivity index (χ0n) is 11.8. The first-order valence-electron chi connectivity index (χ1n) is 6.45. The largest absolute Gasteiger partial charge is 0.391 e. The molecule has 0 aliphatic heterocycles. The van der Waals surface area contributed by atoms with Gasteiger partial charge in [0.2, 0.25) is 0 Å². The average Bonchev–Trinajstić information content (AvgIpc) is 2.77. The van der Waals surface area contributed by atoms with E-state index in [1.165, 1.54) is 0 Å². The van der Waals surface area contributed by atoms with Crippen LogP contribution in [0.4, 0.5) is 5.13 Å². The highest BCUT2D eigenvalue weighted by molar-refractivity contribution is 7.15. The van der Waals surface area contributed by atoms with Gasteiger partial charge >= 0.3 is 0 Å². The topological polar surface area (TPSA) is 45.6 Å². The van der Waals surface area contributed by atoms with Gasteiger partial charge < -0.3 is 14.7 Å². The third kappa shape index (κ3) is 4.23. The van der Waals surface area contributed by atoms with Crippen molar-refractivity contribution in [2.75, 3.05) is 31.7 Å². The fraction of sp³-hybridized carbons (Fsp3) is 0.769. The first-order valence-corrected chi connectivity index (χ1v) is 7.27. The fourth-order valence-electron chi connectivity index (χ4n) is 1.81. The molecule has 0 unspecified atom stereocenters. The minimum Gasteiger partial charge on any atom is -0.391 e. The fourth-order valence-corrected chi connectivity index (χ4v) is 2.86. The Labute approximate surface area is 114 Å². The molecule has 0 atom stereocenters. The number of ether oxygens (including phenoxy) is 1. The van der Waals surface area contributed by atoms with Crippen LogP contribution in [0, 0.1) is 5.92 Å². The molecule has 1 aromatic rings. The summed E-state index contributed by atoms with van der Waals surface area (Å²) in [7, 11) is 1.71. The molecule has 0 amide bonds. The molecule has 0 aliphatic rings. The molecule has 1 rings (SSSR count). The minimum absolute atomic E-state index is 0.0840. The van der Waals surface area contributed by atoms with Crippen molar-refractivity contribution in [3.8, 4) is 0 Å². The van der Waals surface area contributed by atoms with Crippen LogP contribution in [0.5, 0.6) is 0 Å². The molecule has 0 saturated carbocycles. The van der Waals surface area contributed by atoms with Gasteiger partial charge in [0.05, 0.1) is 23.8 Å². The van der Waals surface area contributed by atoms with Crippen LogP contribution in [0.25, 0.3) is 0 Å². The third-order valence-electron chi connectivity index (χ3n) is 2.67. The van der Waals surface area contributed by atoms with E-state index in [-0.39, 0.29) is 6.61 Å². The SMILES string of the molecule is CCc1nc(N(CCOC)CC(C)C)sc1CO. The van der Waals surface area contributed by atoms with Crippen molar-refractivity contribution in [1.29, 1.82) is 0 Å². The molecule has 5 heteroatoms. The summed E-state index contributed by atoms with van der Waals surface area (Å²) in [5, 5.41) is 10.3. The van der Waals surface area contributed by atoms with E-state index in [2.05, 4.69) is 30.7 Å². The summed E-state index contributed by atoms with van der Waals surface area (Å²) < 4.78 is 5.15. The number of nitrogens with zero attached hydrogens (tertiary/aromatic N) is 2. The molecule has 0 saturated heterocycles. The standard InChI is InChI=1S/C13H24N2O2S/c1-5-11-12(9-16)18-13(14-11)15(6-7-17-4)8-10(2)3/h10,16H,5-9H2,1-4H3. The van der Waals surface area contributed by atoms with Crippen molar-refractivity contribution < 1.29 is 9.84 Å². The Bertz CT molecular complexity index is 331. The van der Waals surface area contributed by atoms with Crippen molar-refractivity contribution in [3.05, 3.63) is 10.6 Å². The van der Waals surface area contributed by atoms with Crippen molar-refractivity contribution in [1.82, 2.24) is 4.98 Å². The number of aliphatic hydroxyl groups is 1. The van der Waals surface area contributed by atoms with Gasteiger partial charge in [-0.1, -0.05) is 32.1 Å². The molecule has 0 aliphatic carbocycles. The Morgan fingerprint density at radius 2 is 2.17 bits per heavy atom. The first kappa shape index (κ1) is 15.4. The number of anilines is 1. The van der Waals surface area contributed by atoms with Crippen molar-refractivity contribution in [3.63, 3.8) is 0 Å². The third-order valence-corrected chi connectivity index (χ3v) is 3.81. The Hall–Kier alpha value is -0.650. The molecule has 0 fully saturated rings. The van der Waals surface area contributed by atoms with E-state index in [0.29, 0.717) is 12.5 Å². The number of aryl methyl sites for hydroxylation is 1. The maximum atomic E-state index is 9.33. The van der Waals surface area contributed by atoms with Gasteiger partial charge in [-0.2, -0.15) is 0 Å². The summed E-state index contributed by atoms with van der Waals surface area (Å²) >= 11 is 1.59. The number of aromatic nitrogens is 1. The van der Waals surface area contributed by atoms with Gasteiger partial charge in [0, 0.05) is 20.2 Å². The highest BCUT2D eigenvalue weighted by Gasteiger charge is 2.15. The van der Waals surface area contributed by atoms with Crippen LogP contribution in [0.1, 0.15) is 31.3 Å². The van der Waals surface area contributed by atoms with Gasteiger partial charge in [-0.3, -0.25) is 0 Å². The van der Waals surface area contributed by atoms with Crippen LogP contribution < -0.4 is 4.90 Å². The van der Waals surface area contributed by atoms with E-state index in [0.717, 1.165) is 35.2 Å². The minimum atomic E-state index is 0.0840. The molecular weight excluding hydrogens is 248 g/mol. The zero-order valence-corrected chi connectivity index (χ0v) is 12.6. The first-order chi connectivity index (χ1) is 8.62. The van der Waals surface area contributed by atoms with E-state index in [9.17, 15) is 5.11 Å². The van der Waals surface area contributed by atoms with Crippen LogP contribution in [0.15, 0.2) is 0 Å². The summed E-state index contributed by atoms with van der Waals surface area (Å²) in [6, 6.07) is 0. The maximum absolute atomic E-state index is 9.33. The van der Waals surface area contributed by atoms with Gasteiger partial charge in [0.15, 0.2) is 5.13 Å². The van der Waals surface area contributed by atoms with Crippen molar-refractivity contribution in [2.24, 2.45) is 5.92 Å². The number of rotatable bonds is 8. The summed E-state index contributed by atoms with van der Waals surface area (Å²) in [4.78, 5) is 7.87. The highest BCUT2D eigenvalue weighted by atomic mass is 32.1. The molecule has 0 spiro atoms. The lowest BCUT2D eigenvalue weighted by atomic mass is 10.2. The number of methoxy groups -OCH3 is 1. The van der Waals surface area contributed by atoms with Crippen molar-refractivity contribution >= 4 is 16.5 Å². The number of thiazole rings is 1. The monoisotopic (exact) mass is 272 g/mol. The normalized spacial score (nSPS) is 11.2. The summed E-state index contributed by atoms with van der Waals surface area (Å²) in [6.45, 7) is 9.05. The predicted octanol–water partition coefficient (Wildman–Crippen LogP) is 2.31. The van der Waals surface area contributed by atoms with Crippen LogP contribution in [-0.2, 0) is 17.8 Å². The predicted molar refractivity (Wildman–Crippen MR) is 76.3 cm³/mol. The highest BCUT2D eigenvalue weighted by Crippen LogP contribution is 2.27. The molecule has 0 aromatic carbocycles. The molecule has 18 heavy (non-hydrogen) atoms. The smallest absolute Gasteiger partial charge is 0.185 e. The molecule has 104 valence electrons. The summed E-state index contributed by atoms with van der Waals surface area (Å²) in [5.41, 5.74) is 1.02. The van der Waals surface area contributed by atoms with Crippen LogP contribution in [0.2, 0.25) is 0 Å². The second-order valence-corrected chi connectivity index (χ2v) is 5.77. The van der Waals surface area contributed by atoms with E-state index >= 15 is 0 Å². The number of aliphatic hydroxyl groups excluding tert-OH is 1. The molecule has 1 heterocycles. The van der Waals surface area contributed by atoms with Crippen LogP contribution in [-0.4, -0.2) is 36.9 Å². The van der Waals surface area contributed by atoms with E-state index in [1.54, 1.807) is 18.4 Å². The molecule has 4 nitrogen and oxygen atoms in total. The lowest BCUT2D eigenvalue weighted by molar-refractivity contribution is 0.204. The van der Waals surface area contributed by atoms with E-state index < -0.39 is 0 Å². The van der Waals surface area contributed by atoms with E-state index in [1.807, 2.05) is 0 Å². The molecule has 0 bridgehead atoms. The van der Waals surface area contributed by atoms with E-state index in [4.69, 9.17) is 4.74 Å². The lowest BCUT2D eigenvalue weighted by Crippen LogP contribution is -2.30. The summed E-state index contributed by atoms with van der Waals surface area (Å²) in [5.74, 6) is 0.577. The average molecular weight is 272 g/mol. The van der Waals surface area contributed by atoms with Crippen molar-refractivity contribution in [2.45, 2.75) is 33.8 Å². The second kappa shape index (κ2) is 7.71. The lowest BCUT2D eigenvalue weighted by Gasteiger charge is -2.23. The maximum Gasteiger partial charge on any atom is 0.185 e. The Morgan fingerprint density at radius 1 is 1.44 bits per heavy atom. The summed E-state index contributed by atoms with van der Waals surface area (Å²) in [6.07, 6.45) is 0.867. The molecule has 1 aromatic heterocycles. The Balaban J connectivity index is 2.85.